The topological polar surface area (TPSA) is 83.0 Å². The Hall–Kier alpha value is -3.28. The van der Waals surface area contributed by atoms with Gasteiger partial charge in [0.2, 0.25) is 5.95 Å². The zero-order valence-corrected chi connectivity index (χ0v) is 12.4. The van der Waals surface area contributed by atoms with Crippen LogP contribution in [0.5, 0.6) is 0 Å². The standard InChI is InChI=1S/C17H13N5O/c1-10-16(23)18-17(21-19-10)22-20-15-13-8-4-2-6-11(13)12-7-3-5-9-14(12)15/h2-9H,1H3,(H2,18,21,22,23). The second-order valence-electron chi connectivity index (χ2n) is 5.25. The number of rotatable bonds is 2. The number of hydrazone groups is 1. The molecule has 3 aromatic rings. The molecule has 0 atom stereocenters. The summed E-state index contributed by atoms with van der Waals surface area (Å²) in [5.41, 5.74) is 8.03. The van der Waals surface area contributed by atoms with E-state index in [9.17, 15) is 4.79 Å². The lowest BCUT2D eigenvalue weighted by Gasteiger charge is -2.03. The van der Waals surface area contributed by atoms with Crippen molar-refractivity contribution in [2.75, 3.05) is 5.43 Å². The third-order valence-corrected chi connectivity index (χ3v) is 3.79. The Morgan fingerprint density at radius 1 is 0.913 bits per heavy atom. The third kappa shape index (κ3) is 2.20. The summed E-state index contributed by atoms with van der Waals surface area (Å²) in [6, 6.07) is 16.2. The third-order valence-electron chi connectivity index (χ3n) is 3.79. The van der Waals surface area contributed by atoms with Crippen molar-refractivity contribution in [3.63, 3.8) is 0 Å². The molecular weight excluding hydrogens is 290 g/mol. The van der Waals surface area contributed by atoms with Crippen LogP contribution in [0.25, 0.3) is 11.1 Å². The van der Waals surface area contributed by atoms with Gasteiger partial charge in [0, 0.05) is 11.1 Å². The highest BCUT2D eigenvalue weighted by molar-refractivity contribution is 6.24. The van der Waals surface area contributed by atoms with Crippen molar-refractivity contribution in [1.82, 2.24) is 15.2 Å². The highest BCUT2D eigenvalue weighted by Crippen LogP contribution is 2.36. The normalized spacial score (nSPS) is 11.8. The fourth-order valence-electron chi connectivity index (χ4n) is 2.67. The van der Waals surface area contributed by atoms with Gasteiger partial charge in [0.15, 0.2) is 0 Å². The molecule has 0 saturated heterocycles. The van der Waals surface area contributed by atoms with E-state index in [-0.39, 0.29) is 11.5 Å². The predicted molar refractivity (Wildman–Crippen MR) is 88.5 cm³/mol. The van der Waals surface area contributed by atoms with Crippen molar-refractivity contribution in [1.29, 1.82) is 0 Å². The van der Waals surface area contributed by atoms with Crippen molar-refractivity contribution < 1.29 is 0 Å². The number of aromatic amines is 1. The maximum absolute atomic E-state index is 11.6. The summed E-state index contributed by atoms with van der Waals surface area (Å²) < 4.78 is 0. The summed E-state index contributed by atoms with van der Waals surface area (Å²) in [7, 11) is 0. The summed E-state index contributed by atoms with van der Waals surface area (Å²) in [6.07, 6.45) is 0. The summed E-state index contributed by atoms with van der Waals surface area (Å²) in [6.45, 7) is 1.60. The molecule has 6 heteroatoms. The molecule has 2 N–H and O–H groups in total. The minimum atomic E-state index is -0.282. The second-order valence-corrected chi connectivity index (χ2v) is 5.25. The van der Waals surface area contributed by atoms with Crippen LogP contribution in [0.1, 0.15) is 16.8 Å². The van der Waals surface area contributed by atoms with E-state index in [1.807, 2.05) is 36.4 Å². The summed E-state index contributed by atoms with van der Waals surface area (Å²) in [5.74, 6) is 0.218. The number of aryl methyl sites for hydroxylation is 1. The van der Waals surface area contributed by atoms with Gasteiger partial charge in [0.25, 0.3) is 5.56 Å². The number of H-pyrrole nitrogens is 1. The quantitative estimate of drug-likeness (QED) is 0.557. The number of hydrogen-bond acceptors (Lipinski definition) is 5. The molecule has 0 radical (unpaired) electrons. The van der Waals surface area contributed by atoms with Crippen LogP contribution in [0.2, 0.25) is 0 Å². The second kappa shape index (κ2) is 5.17. The lowest BCUT2D eigenvalue weighted by Crippen LogP contribution is -2.16. The molecule has 6 nitrogen and oxygen atoms in total. The maximum Gasteiger partial charge on any atom is 0.274 e. The predicted octanol–water partition coefficient (Wildman–Crippen LogP) is 2.32. The Morgan fingerprint density at radius 3 is 2.04 bits per heavy atom. The first-order chi connectivity index (χ1) is 11.2. The van der Waals surface area contributed by atoms with Gasteiger partial charge in [-0.2, -0.15) is 5.10 Å². The fraction of sp³-hybridized carbons (Fsp3) is 0.0588. The van der Waals surface area contributed by atoms with Gasteiger partial charge in [-0.05, 0) is 18.1 Å². The van der Waals surface area contributed by atoms with Crippen LogP contribution in [-0.4, -0.2) is 20.9 Å². The largest absolute Gasteiger partial charge is 0.288 e. The first-order valence-corrected chi connectivity index (χ1v) is 7.20. The molecule has 23 heavy (non-hydrogen) atoms. The molecule has 0 saturated carbocycles. The molecule has 1 heterocycles. The van der Waals surface area contributed by atoms with E-state index >= 15 is 0 Å². The Morgan fingerprint density at radius 2 is 1.48 bits per heavy atom. The van der Waals surface area contributed by atoms with Crippen molar-refractivity contribution >= 4 is 11.7 Å². The van der Waals surface area contributed by atoms with E-state index in [1.165, 1.54) is 0 Å². The molecule has 0 unspecified atom stereocenters. The zero-order valence-electron chi connectivity index (χ0n) is 12.4. The van der Waals surface area contributed by atoms with E-state index in [0.717, 1.165) is 28.0 Å². The molecule has 1 aliphatic carbocycles. The lowest BCUT2D eigenvalue weighted by molar-refractivity contribution is 0.897. The number of nitrogens with one attached hydrogen (secondary N) is 2. The van der Waals surface area contributed by atoms with Crippen molar-refractivity contribution in [2.24, 2.45) is 5.10 Å². The Bertz CT molecular complexity index is 943. The summed E-state index contributed by atoms with van der Waals surface area (Å²) in [4.78, 5) is 14.2. The van der Waals surface area contributed by atoms with E-state index < -0.39 is 0 Å². The molecule has 1 aromatic heterocycles. The molecule has 112 valence electrons. The van der Waals surface area contributed by atoms with Gasteiger partial charge in [-0.1, -0.05) is 48.5 Å². The zero-order chi connectivity index (χ0) is 15.8. The van der Waals surface area contributed by atoms with Crippen molar-refractivity contribution in [3.8, 4) is 11.1 Å². The molecule has 1 aliphatic rings. The number of aromatic nitrogens is 3. The monoisotopic (exact) mass is 303 g/mol. The Balaban J connectivity index is 1.79. The van der Waals surface area contributed by atoms with Crippen LogP contribution >= 0.6 is 0 Å². The smallest absolute Gasteiger partial charge is 0.274 e. The number of benzene rings is 2. The maximum atomic E-state index is 11.6. The molecule has 2 aromatic carbocycles. The van der Waals surface area contributed by atoms with Gasteiger partial charge >= 0.3 is 0 Å². The molecular formula is C17H13N5O. The SMILES string of the molecule is Cc1nnc(NN=C2c3ccccc3-c3ccccc32)[nH]c1=O. The van der Waals surface area contributed by atoms with E-state index in [0.29, 0.717) is 5.69 Å². The average Bonchev–Trinajstić information content (AvgIpc) is 2.90. The van der Waals surface area contributed by atoms with Crippen LogP contribution < -0.4 is 11.0 Å². The van der Waals surface area contributed by atoms with Gasteiger partial charge < -0.3 is 0 Å². The van der Waals surface area contributed by atoms with Crippen LogP contribution in [0, 0.1) is 6.92 Å². The average molecular weight is 303 g/mol. The van der Waals surface area contributed by atoms with E-state index in [4.69, 9.17) is 0 Å². The van der Waals surface area contributed by atoms with Crippen molar-refractivity contribution in [3.05, 3.63) is 75.7 Å². The van der Waals surface area contributed by atoms with Gasteiger partial charge in [0.1, 0.15) is 5.69 Å². The minimum absolute atomic E-state index is 0.218. The number of fused-ring (bicyclic) bond motifs is 3. The summed E-state index contributed by atoms with van der Waals surface area (Å²) >= 11 is 0. The van der Waals surface area contributed by atoms with Crippen LogP contribution in [0.4, 0.5) is 5.95 Å². The van der Waals surface area contributed by atoms with Gasteiger partial charge in [-0.15, -0.1) is 10.2 Å². The Labute approximate surface area is 131 Å². The van der Waals surface area contributed by atoms with Crippen LogP contribution in [-0.2, 0) is 0 Å². The number of hydrogen-bond donors (Lipinski definition) is 2. The van der Waals surface area contributed by atoms with Crippen LogP contribution in [0.15, 0.2) is 58.4 Å². The van der Waals surface area contributed by atoms with Gasteiger partial charge in [0.05, 0.1) is 5.71 Å². The number of anilines is 1. The summed E-state index contributed by atoms with van der Waals surface area (Å²) in [5, 5.41) is 12.1. The molecule has 0 aliphatic heterocycles. The molecule has 0 spiro atoms. The fourth-order valence-corrected chi connectivity index (χ4v) is 2.67. The Kier molecular flexibility index (Phi) is 3.01. The molecule has 4 rings (SSSR count). The molecule has 0 fully saturated rings. The van der Waals surface area contributed by atoms with Gasteiger partial charge in [-0.25, -0.2) is 5.43 Å². The van der Waals surface area contributed by atoms with E-state index in [2.05, 4.69) is 37.8 Å². The highest BCUT2D eigenvalue weighted by atomic mass is 16.1. The first-order valence-electron chi connectivity index (χ1n) is 7.20. The first kappa shape index (κ1) is 13.4. The number of nitrogens with zero attached hydrogens (tertiary/aromatic N) is 3. The molecule has 0 bridgehead atoms. The lowest BCUT2D eigenvalue weighted by atomic mass is 10.1. The highest BCUT2D eigenvalue weighted by Gasteiger charge is 2.23. The minimum Gasteiger partial charge on any atom is -0.288 e. The van der Waals surface area contributed by atoms with Gasteiger partial charge in [-0.3, -0.25) is 9.78 Å². The van der Waals surface area contributed by atoms with Crippen LogP contribution in [0.3, 0.4) is 0 Å². The van der Waals surface area contributed by atoms with E-state index in [1.54, 1.807) is 6.92 Å². The van der Waals surface area contributed by atoms with Crippen molar-refractivity contribution in [2.45, 2.75) is 6.92 Å². The molecule has 0 amide bonds.